The molecule has 3 aromatic heterocycles. The summed E-state index contributed by atoms with van der Waals surface area (Å²) in [7, 11) is 0. The molecule has 0 atom stereocenters. The van der Waals surface area contributed by atoms with E-state index in [2.05, 4.69) is 11.3 Å². The molecule has 5 nitrogen and oxygen atoms in total. The number of rotatable bonds is 8. The highest BCUT2D eigenvalue weighted by Gasteiger charge is 2.22. The van der Waals surface area contributed by atoms with E-state index in [1.165, 1.54) is 0 Å². The summed E-state index contributed by atoms with van der Waals surface area (Å²) in [5, 5.41) is -1.16. The Morgan fingerprint density at radius 1 is 0.537 bits per heavy atom. The Morgan fingerprint density at radius 2 is 1.21 bits per heavy atom. The van der Waals surface area contributed by atoms with Gasteiger partial charge in [-0.05, 0) is 110 Å². The van der Waals surface area contributed by atoms with E-state index in [-0.39, 0.29) is 5.56 Å². The molecule has 326 valence electrons. The minimum atomic E-state index is -3.51. The molecule has 0 saturated carbocycles. The second kappa shape index (κ2) is 16.4. The number of benzene rings is 8. The van der Waals surface area contributed by atoms with Crippen molar-refractivity contribution in [2.24, 2.45) is 0 Å². The maximum absolute atomic E-state index is 9.91. The van der Waals surface area contributed by atoms with Crippen molar-refractivity contribution in [1.82, 2.24) is 14.1 Å². The zero-order chi connectivity index (χ0) is 78.7. The Kier molecular flexibility index (Phi) is 4.25. The van der Waals surface area contributed by atoms with Gasteiger partial charge in [-0.1, -0.05) is 180 Å². The van der Waals surface area contributed by atoms with Crippen molar-refractivity contribution >= 4 is 32.8 Å². The van der Waals surface area contributed by atoms with Crippen LogP contribution in [0.4, 0.5) is 0 Å². The molecule has 3 heterocycles. The van der Waals surface area contributed by atoms with Crippen molar-refractivity contribution in [2.45, 2.75) is 52.2 Å². The Morgan fingerprint density at radius 3 is 1.93 bits per heavy atom. The van der Waals surface area contributed by atoms with Gasteiger partial charge in [0, 0.05) is 31.2 Å². The molecule has 11 rings (SSSR count). The van der Waals surface area contributed by atoms with Gasteiger partial charge in [-0.15, -0.1) is 0 Å². The van der Waals surface area contributed by atoms with Crippen molar-refractivity contribution in [3.8, 4) is 62.1 Å². The maximum Gasteiger partial charge on any atom is 0.269 e. The SMILES string of the molecule is [2H]c1nc(-n2c3cc(Oc4cc(-n5[c-][n+](-c6c(-c7c([2H])c([2H])c([2H])c([2H])c7[2H])c([2H])c([2H])c([2H])c6-c6c([2H])c([2H])c([2H])c([2H])c6[2H])c6c([2H])c([2H])c([2H])c([2H])c65)c([2H])c([2H])c4[2H])c([2H])c([2H])c3c3c([2H])c(-c4c([2H])c([2H])c(C(C)(C([2H])([2H])[2H])C([2H])([2H])[2H])c([2H])c4[2H])c([2H])c([2H])c32)c([2H])c(C(C)(C)C)c1[2H]. The van der Waals surface area contributed by atoms with Crippen LogP contribution in [0.3, 0.4) is 0 Å². The number of hydrogen-bond donors (Lipinski definition) is 0. The molecule has 0 aliphatic heterocycles. The summed E-state index contributed by atoms with van der Waals surface area (Å²) in [6.07, 6.45) is 1.90. The Hall–Kier alpha value is -8.02. The first-order valence-electron chi connectivity index (χ1n) is 39.0. The molecule has 0 bridgehead atoms. The number of nitrogens with zero attached hydrogens (tertiary/aromatic N) is 4. The number of pyridine rings is 1. The smallest absolute Gasteiger partial charge is 0.269 e. The second-order valence-electron chi connectivity index (χ2n) is 15.9. The van der Waals surface area contributed by atoms with Gasteiger partial charge in [-0.2, -0.15) is 0 Å². The number of para-hydroxylation sites is 3. The van der Waals surface area contributed by atoms with Gasteiger partial charge in [0.05, 0.1) is 77.3 Å². The molecule has 5 heteroatoms. The van der Waals surface area contributed by atoms with E-state index in [9.17, 15) is 20.6 Å². The fourth-order valence-corrected chi connectivity index (χ4v) is 7.07. The average Bonchev–Trinajstić information content (AvgIpc) is 1.52. The first kappa shape index (κ1) is 17.3. The van der Waals surface area contributed by atoms with Gasteiger partial charge in [0.15, 0.2) is 0 Å². The fraction of sp³-hybridized carbons (Fsp3) is 0.129. The van der Waals surface area contributed by atoms with Gasteiger partial charge in [0.25, 0.3) is 6.33 Å². The van der Waals surface area contributed by atoms with Gasteiger partial charge in [-0.3, -0.25) is 13.7 Å². The summed E-state index contributed by atoms with van der Waals surface area (Å²) in [6, 6.07) is -30.1. The number of aromatic nitrogens is 4. The van der Waals surface area contributed by atoms with E-state index in [4.69, 9.17) is 36.3 Å². The molecule has 0 amide bonds. The van der Waals surface area contributed by atoms with Gasteiger partial charge in [0.2, 0.25) is 0 Å². The van der Waals surface area contributed by atoms with Crippen LogP contribution in [0.25, 0.3) is 83.4 Å². The lowest BCUT2D eigenvalue weighted by Gasteiger charge is -2.20. The molecule has 0 aliphatic rings. The van der Waals surface area contributed by atoms with Crippen molar-refractivity contribution in [3.05, 3.63) is 223 Å². The second-order valence-corrected chi connectivity index (χ2v) is 15.9. The van der Waals surface area contributed by atoms with Crippen LogP contribution >= 0.6 is 0 Å². The van der Waals surface area contributed by atoms with Crippen LogP contribution in [0.15, 0.2) is 206 Å². The van der Waals surface area contributed by atoms with Crippen LogP contribution in [-0.2, 0) is 10.8 Å². The fourth-order valence-electron chi connectivity index (χ4n) is 7.07. The molecule has 0 saturated heterocycles. The zero-order valence-electron chi connectivity index (χ0n) is 73.4. The monoisotopic (exact) mass is 907 g/mol. The molecular weight excluding hydrogens is 817 g/mol. The molecule has 8 aromatic carbocycles. The van der Waals surface area contributed by atoms with Crippen LogP contribution in [-0.4, -0.2) is 14.1 Å². The normalized spacial score (nSPS) is 20.4. The van der Waals surface area contributed by atoms with Gasteiger partial charge < -0.3 is 4.74 Å². The summed E-state index contributed by atoms with van der Waals surface area (Å²) in [4.78, 5) is 4.26. The Labute approximate surface area is 446 Å². The highest BCUT2D eigenvalue weighted by atomic mass is 16.5. The summed E-state index contributed by atoms with van der Waals surface area (Å²) in [5.41, 5.74) is -15.3. The highest BCUT2D eigenvalue weighted by Crippen LogP contribution is 2.39. The minimum Gasteiger partial charge on any atom is -0.458 e. The summed E-state index contributed by atoms with van der Waals surface area (Å²) >= 11 is 0. The number of fused-ring (bicyclic) bond motifs is 4. The lowest BCUT2D eigenvalue weighted by molar-refractivity contribution is -0.571. The molecule has 0 spiro atoms. The molecule has 0 fully saturated rings. The highest BCUT2D eigenvalue weighted by molar-refractivity contribution is 6.10. The van der Waals surface area contributed by atoms with Gasteiger partial charge in [-0.25, -0.2) is 4.98 Å². The lowest BCUT2D eigenvalue weighted by atomic mass is 9.86. The van der Waals surface area contributed by atoms with Crippen molar-refractivity contribution in [1.29, 1.82) is 0 Å². The van der Waals surface area contributed by atoms with E-state index in [1.54, 1.807) is 20.8 Å². The van der Waals surface area contributed by atoms with E-state index < -0.39 is 318 Å². The summed E-state index contributed by atoms with van der Waals surface area (Å²) < 4.78 is 351. The lowest BCUT2D eigenvalue weighted by Crippen LogP contribution is -2.31. The first-order valence-corrected chi connectivity index (χ1v) is 20.0. The van der Waals surface area contributed by atoms with Gasteiger partial charge in [0.1, 0.15) is 17.3 Å². The van der Waals surface area contributed by atoms with E-state index >= 15 is 0 Å². The predicted molar refractivity (Wildman–Crippen MR) is 276 cm³/mol. The van der Waals surface area contributed by atoms with Crippen LogP contribution in [0, 0.1) is 6.33 Å². The molecular formula is C62H52N4O. The van der Waals surface area contributed by atoms with E-state index in [0.717, 1.165) is 16.7 Å². The average molecular weight is 907 g/mol. The number of hydrogen-bond acceptors (Lipinski definition) is 2. The number of imidazole rings is 1. The molecule has 67 heavy (non-hydrogen) atoms. The van der Waals surface area contributed by atoms with Crippen LogP contribution in [0.5, 0.6) is 11.5 Å². The third-order valence-corrected chi connectivity index (χ3v) is 10.2. The van der Waals surface area contributed by atoms with Crippen molar-refractivity contribution in [3.63, 3.8) is 0 Å². The minimum absolute atomic E-state index is 0.132. The van der Waals surface area contributed by atoms with Crippen LogP contribution in [0.1, 0.15) is 105 Å². The Bertz CT molecular complexity index is 5570. The van der Waals surface area contributed by atoms with Crippen LogP contribution in [0.2, 0.25) is 0 Å². The molecule has 11 aromatic rings. The summed E-state index contributed by atoms with van der Waals surface area (Å²) in [6.45, 7) is -1.58. The maximum atomic E-state index is 9.91. The largest absolute Gasteiger partial charge is 0.458 e. The van der Waals surface area contributed by atoms with E-state index in [0.29, 0.717) is 16.1 Å². The molecule has 0 N–H and O–H groups in total. The van der Waals surface area contributed by atoms with Gasteiger partial charge >= 0.3 is 0 Å². The molecule has 0 radical (unpaired) electrons. The third-order valence-electron chi connectivity index (χ3n) is 10.2. The van der Waals surface area contributed by atoms with E-state index in [1.807, 2.05) is 0 Å². The van der Waals surface area contributed by atoms with Crippen LogP contribution < -0.4 is 9.30 Å². The number of ether oxygens (including phenoxy) is 1. The molecule has 0 unspecified atom stereocenters. The van der Waals surface area contributed by atoms with Crippen molar-refractivity contribution < 1.29 is 61.4 Å². The summed E-state index contributed by atoms with van der Waals surface area (Å²) in [5.74, 6) is -2.29. The Balaban J connectivity index is 1.26. The quantitative estimate of drug-likeness (QED) is 0.112. The zero-order valence-corrected chi connectivity index (χ0v) is 35.4. The molecule has 0 aliphatic carbocycles. The first-order chi connectivity index (χ1) is 48.3. The van der Waals surface area contributed by atoms with Crippen molar-refractivity contribution in [2.75, 3.05) is 0 Å². The standard InChI is InChI=1S/C62H52N4O/c1-61(2,3)46-30-27-42(28-31-46)45-29-34-55-54(37-45)53-33-32-50(40-58(53)66(55)59-38-47(35-36-63-59)62(4,5)6)67-49-22-15-21-48(39-49)64-41-65(57-26-14-13-25-56(57)64)60-51(43-17-9-7-10-18-43)23-16-24-52(60)44-19-11-8-12-20-44/h7-40H,1-6H3/i1D3,2D3,7D,8D,9D,10D,11D,12D,13D,14D,15D,16D,17D,18D,19D,20D,21D,22D,23D,24D,25D,26D,27D,28D,29D,30D,31D,32D,33D,34D,35D,36D,37D,38D. The third kappa shape index (κ3) is 7.76. The predicted octanol–water partition coefficient (Wildman–Crippen LogP) is 15.6. The topological polar surface area (TPSA) is 35.9 Å².